The molecule has 0 N–H and O–H groups in total. The van der Waals surface area contributed by atoms with E-state index in [1.165, 1.54) is 0 Å². The monoisotopic (exact) mass is 294 g/mol. The van der Waals surface area contributed by atoms with Gasteiger partial charge < -0.3 is 9.47 Å². The number of ether oxygens (including phenoxy) is 2. The van der Waals surface area contributed by atoms with Crippen LogP contribution in [0.1, 0.15) is 6.42 Å². The standard InChI is InChI=1S/C15H16ClO2P/c16-19-12-11-15(17-13-7-3-1-4-8-13)18-14-9-5-2-6-10-14/h1-10,15,19H,11-12H2. The molecule has 2 nitrogen and oxygen atoms in total. The number of rotatable bonds is 7. The van der Waals surface area contributed by atoms with E-state index in [4.69, 9.17) is 20.7 Å². The van der Waals surface area contributed by atoms with Crippen molar-refractivity contribution in [2.75, 3.05) is 6.16 Å². The van der Waals surface area contributed by atoms with E-state index in [1.54, 1.807) is 0 Å². The summed E-state index contributed by atoms with van der Waals surface area (Å²) in [5.41, 5.74) is 0. The second kappa shape index (κ2) is 8.04. The van der Waals surface area contributed by atoms with Gasteiger partial charge in [0.2, 0.25) is 6.29 Å². The Bertz CT molecular complexity index is 423. The van der Waals surface area contributed by atoms with Crippen molar-refractivity contribution in [3.8, 4) is 11.5 Å². The zero-order valence-electron chi connectivity index (χ0n) is 10.5. The van der Waals surface area contributed by atoms with Crippen LogP contribution in [0.5, 0.6) is 11.5 Å². The minimum Gasteiger partial charge on any atom is -0.455 e. The summed E-state index contributed by atoms with van der Waals surface area (Å²) in [5.74, 6) is 1.61. The molecule has 0 heterocycles. The van der Waals surface area contributed by atoms with Crippen LogP contribution < -0.4 is 9.47 Å². The van der Waals surface area contributed by atoms with E-state index >= 15 is 0 Å². The summed E-state index contributed by atoms with van der Waals surface area (Å²) in [6.07, 6.45) is 1.34. The molecule has 1 atom stereocenters. The first kappa shape index (κ1) is 14.2. The fourth-order valence-corrected chi connectivity index (χ4v) is 2.29. The highest BCUT2D eigenvalue weighted by atomic mass is 35.7. The van der Waals surface area contributed by atoms with Crippen LogP contribution in [-0.4, -0.2) is 12.5 Å². The highest BCUT2D eigenvalue weighted by molar-refractivity contribution is 7.68. The molecule has 0 fully saturated rings. The summed E-state index contributed by atoms with van der Waals surface area (Å²) < 4.78 is 11.7. The molecular weight excluding hydrogens is 279 g/mol. The van der Waals surface area contributed by atoms with Crippen molar-refractivity contribution in [3.63, 3.8) is 0 Å². The molecule has 1 unspecified atom stereocenters. The molecule has 4 heteroatoms. The average Bonchev–Trinajstić information content (AvgIpc) is 2.47. The lowest BCUT2D eigenvalue weighted by molar-refractivity contribution is 0.00420. The first-order chi connectivity index (χ1) is 9.38. The van der Waals surface area contributed by atoms with Crippen molar-refractivity contribution in [1.82, 2.24) is 0 Å². The molecule has 0 amide bonds. The third-order valence-electron chi connectivity index (χ3n) is 2.50. The lowest BCUT2D eigenvalue weighted by atomic mass is 10.3. The van der Waals surface area contributed by atoms with Gasteiger partial charge in [-0.05, 0) is 38.4 Å². The topological polar surface area (TPSA) is 18.5 Å². The molecule has 0 aliphatic carbocycles. The summed E-state index contributed by atoms with van der Waals surface area (Å²) >= 11 is 5.77. The van der Waals surface area contributed by atoms with Crippen LogP contribution in [0.25, 0.3) is 0 Å². The van der Waals surface area contributed by atoms with Gasteiger partial charge in [0.1, 0.15) is 11.5 Å². The zero-order chi connectivity index (χ0) is 13.3. The third-order valence-corrected chi connectivity index (χ3v) is 3.54. The molecule has 2 aromatic rings. The molecule has 0 aliphatic rings. The summed E-state index contributed by atoms with van der Waals surface area (Å²) in [5, 5.41) is 0. The summed E-state index contributed by atoms with van der Waals surface area (Å²) in [6.45, 7) is 0. The van der Waals surface area contributed by atoms with Gasteiger partial charge in [0.15, 0.2) is 0 Å². The normalized spacial score (nSPS) is 11.1. The molecular formula is C15H16ClO2P. The molecule has 100 valence electrons. The van der Waals surface area contributed by atoms with E-state index in [0.717, 1.165) is 24.1 Å². The van der Waals surface area contributed by atoms with Crippen LogP contribution in [0, 0.1) is 0 Å². The molecule has 0 spiro atoms. The number of halogens is 1. The van der Waals surface area contributed by atoms with Gasteiger partial charge in [0, 0.05) is 6.42 Å². The molecule has 0 radical (unpaired) electrons. The van der Waals surface area contributed by atoms with Crippen LogP contribution >= 0.6 is 19.2 Å². The Labute approximate surface area is 120 Å². The Hall–Kier alpha value is -1.24. The predicted octanol–water partition coefficient (Wildman–Crippen LogP) is 4.69. The second-order valence-electron chi connectivity index (χ2n) is 3.96. The Balaban J connectivity index is 1.99. The van der Waals surface area contributed by atoms with Gasteiger partial charge in [-0.25, -0.2) is 0 Å². The lowest BCUT2D eigenvalue weighted by Gasteiger charge is -2.20. The number of benzene rings is 2. The lowest BCUT2D eigenvalue weighted by Crippen LogP contribution is -2.24. The molecule has 19 heavy (non-hydrogen) atoms. The van der Waals surface area contributed by atoms with Gasteiger partial charge in [-0.3, -0.25) is 0 Å². The van der Waals surface area contributed by atoms with Gasteiger partial charge in [0.25, 0.3) is 0 Å². The number of para-hydroxylation sites is 2. The molecule has 0 aliphatic heterocycles. The van der Waals surface area contributed by atoms with Crippen molar-refractivity contribution in [2.45, 2.75) is 12.7 Å². The Morgan fingerprint density at radius 2 is 1.32 bits per heavy atom. The molecule has 0 bridgehead atoms. The van der Waals surface area contributed by atoms with Crippen LogP contribution in [0.4, 0.5) is 0 Å². The van der Waals surface area contributed by atoms with Crippen molar-refractivity contribution >= 4 is 19.2 Å². The average molecular weight is 295 g/mol. The Morgan fingerprint density at radius 1 is 0.842 bits per heavy atom. The summed E-state index contributed by atoms with van der Waals surface area (Å²) in [4.78, 5) is 0. The maximum Gasteiger partial charge on any atom is 0.241 e. The van der Waals surface area contributed by atoms with Crippen LogP contribution in [0.2, 0.25) is 0 Å². The highest BCUT2D eigenvalue weighted by Gasteiger charge is 2.11. The van der Waals surface area contributed by atoms with Crippen molar-refractivity contribution in [3.05, 3.63) is 60.7 Å². The van der Waals surface area contributed by atoms with Crippen molar-refractivity contribution in [2.24, 2.45) is 0 Å². The molecule has 0 saturated heterocycles. The van der Waals surface area contributed by atoms with Crippen molar-refractivity contribution < 1.29 is 9.47 Å². The smallest absolute Gasteiger partial charge is 0.241 e. The first-order valence-electron chi connectivity index (χ1n) is 6.15. The van der Waals surface area contributed by atoms with Gasteiger partial charge in [-0.2, -0.15) is 0 Å². The highest BCUT2D eigenvalue weighted by Crippen LogP contribution is 2.22. The molecule has 2 aromatic carbocycles. The SMILES string of the molecule is ClPCCC(Oc1ccccc1)Oc1ccccc1. The minimum atomic E-state index is -0.309. The zero-order valence-corrected chi connectivity index (χ0v) is 12.2. The van der Waals surface area contributed by atoms with E-state index < -0.39 is 0 Å². The molecule has 2 rings (SSSR count). The maximum absolute atomic E-state index is 5.84. The van der Waals surface area contributed by atoms with E-state index in [0.29, 0.717) is 7.93 Å². The Morgan fingerprint density at radius 3 is 1.74 bits per heavy atom. The largest absolute Gasteiger partial charge is 0.455 e. The van der Waals surface area contributed by atoms with Gasteiger partial charge >= 0.3 is 0 Å². The summed E-state index contributed by atoms with van der Waals surface area (Å²) in [7, 11) is 0.384. The molecule has 0 aromatic heterocycles. The van der Waals surface area contributed by atoms with E-state index in [-0.39, 0.29) is 6.29 Å². The van der Waals surface area contributed by atoms with Gasteiger partial charge in [-0.1, -0.05) is 36.4 Å². The fourth-order valence-electron chi connectivity index (χ4n) is 1.62. The third kappa shape index (κ3) is 5.10. The van der Waals surface area contributed by atoms with Gasteiger partial charge in [0.05, 0.1) is 0 Å². The number of hydrogen-bond acceptors (Lipinski definition) is 2. The minimum absolute atomic E-state index is 0.309. The second-order valence-corrected chi connectivity index (χ2v) is 5.53. The Kier molecular flexibility index (Phi) is 6.00. The van der Waals surface area contributed by atoms with Crippen LogP contribution in [0.15, 0.2) is 60.7 Å². The van der Waals surface area contributed by atoms with Crippen LogP contribution in [0.3, 0.4) is 0 Å². The fraction of sp³-hybridized carbons (Fsp3) is 0.200. The predicted molar refractivity (Wildman–Crippen MR) is 81.6 cm³/mol. The summed E-state index contributed by atoms with van der Waals surface area (Å²) in [6, 6.07) is 19.4. The number of hydrogen-bond donors (Lipinski definition) is 0. The molecule has 0 saturated carbocycles. The van der Waals surface area contributed by atoms with Crippen LogP contribution in [-0.2, 0) is 0 Å². The van der Waals surface area contributed by atoms with Crippen molar-refractivity contribution in [1.29, 1.82) is 0 Å². The maximum atomic E-state index is 5.84. The van der Waals surface area contributed by atoms with E-state index in [9.17, 15) is 0 Å². The quantitative estimate of drug-likeness (QED) is 0.545. The van der Waals surface area contributed by atoms with Gasteiger partial charge in [-0.15, -0.1) is 11.2 Å². The van der Waals surface area contributed by atoms with E-state index in [1.807, 2.05) is 60.7 Å². The van der Waals surface area contributed by atoms with E-state index in [2.05, 4.69) is 0 Å². The first-order valence-corrected chi connectivity index (χ1v) is 8.37.